The largest absolute Gasteiger partial charge is 0.467 e. The van der Waals surface area contributed by atoms with E-state index in [-0.39, 0.29) is 5.91 Å². The molecule has 0 aliphatic carbocycles. The topological polar surface area (TPSA) is 92.9 Å². The van der Waals surface area contributed by atoms with E-state index in [1.54, 1.807) is 12.5 Å². The molecule has 0 radical (unpaired) electrons. The van der Waals surface area contributed by atoms with Crippen LogP contribution in [0.2, 0.25) is 0 Å². The fourth-order valence-corrected chi connectivity index (χ4v) is 4.95. The highest BCUT2D eigenvalue weighted by Gasteiger charge is 2.24. The predicted octanol–water partition coefficient (Wildman–Crippen LogP) is 5.16. The summed E-state index contributed by atoms with van der Waals surface area (Å²) in [7, 11) is 0. The normalized spacial score (nSPS) is 11.9. The number of carbonyl (C=O) groups excluding carboxylic acids is 1. The van der Waals surface area contributed by atoms with Crippen LogP contribution in [0, 0.1) is 6.92 Å². The molecule has 1 amide bonds. The van der Waals surface area contributed by atoms with Crippen LogP contribution in [0.3, 0.4) is 0 Å². The second-order valence-electron chi connectivity index (χ2n) is 7.79. The van der Waals surface area contributed by atoms with Crippen molar-refractivity contribution in [3.05, 3.63) is 107 Å². The van der Waals surface area contributed by atoms with Crippen molar-refractivity contribution in [1.82, 2.24) is 20.3 Å². The number of benzene rings is 1. The first kappa shape index (κ1) is 21.8. The number of anilines is 1. The lowest BCUT2D eigenvalue weighted by Crippen LogP contribution is -2.28. The third-order valence-corrected chi connectivity index (χ3v) is 6.77. The van der Waals surface area contributed by atoms with Crippen LogP contribution in [0.25, 0.3) is 10.2 Å². The number of nitrogens with one attached hydrogen (secondary N) is 2. The van der Waals surface area contributed by atoms with Gasteiger partial charge in [-0.1, -0.05) is 36.4 Å². The summed E-state index contributed by atoms with van der Waals surface area (Å²) in [5.41, 5.74) is 2.80. The third-order valence-electron chi connectivity index (χ3n) is 5.57. The lowest BCUT2D eigenvalue weighted by molar-refractivity contribution is 0.0942. The molecule has 0 bridgehead atoms. The van der Waals surface area contributed by atoms with Crippen molar-refractivity contribution in [3.8, 4) is 0 Å². The van der Waals surface area contributed by atoms with Gasteiger partial charge in [0.25, 0.3) is 5.91 Å². The smallest absolute Gasteiger partial charge is 0.262 e. The molecule has 0 aliphatic heterocycles. The Balaban J connectivity index is 1.39. The highest BCUT2D eigenvalue weighted by molar-refractivity contribution is 7.20. The number of fused-ring (bicyclic) bond motifs is 1. The van der Waals surface area contributed by atoms with Crippen LogP contribution >= 0.6 is 11.3 Å². The first-order valence-electron chi connectivity index (χ1n) is 11.0. The summed E-state index contributed by atoms with van der Waals surface area (Å²) < 4.78 is 5.63. The molecule has 0 aliphatic rings. The zero-order valence-electron chi connectivity index (χ0n) is 18.6. The minimum Gasteiger partial charge on any atom is -0.467 e. The molecule has 7 nitrogen and oxygen atoms in total. The zero-order chi connectivity index (χ0) is 23.3. The van der Waals surface area contributed by atoms with Crippen LogP contribution in [0.4, 0.5) is 5.82 Å². The SMILES string of the molecule is Cc1c(C(=O)N[C@H](c2ccccc2)c2ccco2)sc2ncnc(NCCc3ccccn3)c12. The summed E-state index contributed by atoms with van der Waals surface area (Å²) in [6.07, 6.45) is 5.70. The van der Waals surface area contributed by atoms with E-state index in [2.05, 4.69) is 25.6 Å². The second-order valence-corrected chi connectivity index (χ2v) is 8.79. The van der Waals surface area contributed by atoms with Crippen LogP contribution < -0.4 is 10.6 Å². The van der Waals surface area contributed by atoms with Gasteiger partial charge in [0.2, 0.25) is 0 Å². The first-order chi connectivity index (χ1) is 16.7. The molecule has 0 spiro atoms. The lowest BCUT2D eigenvalue weighted by Gasteiger charge is -2.17. The number of nitrogens with zero attached hydrogens (tertiary/aromatic N) is 3. The predicted molar refractivity (Wildman–Crippen MR) is 133 cm³/mol. The fourth-order valence-electron chi connectivity index (χ4n) is 3.89. The number of hydrogen-bond donors (Lipinski definition) is 2. The van der Waals surface area contributed by atoms with Crippen molar-refractivity contribution in [3.63, 3.8) is 0 Å². The van der Waals surface area contributed by atoms with Gasteiger partial charge in [-0.2, -0.15) is 0 Å². The molecule has 0 fully saturated rings. The zero-order valence-corrected chi connectivity index (χ0v) is 19.4. The number of furan rings is 1. The maximum absolute atomic E-state index is 13.4. The Labute approximate surface area is 200 Å². The molecule has 1 atom stereocenters. The minimum atomic E-state index is -0.393. The lowest BCUT2D eigenvalue weighted by atomic mass is 10.0. The van der Waals surface area contributed by atoms with Crippen molar-refractivity contribution in [2.24, 2.45) is 0 Å². The molecule has 4 aromatic heterocycles. The average Bonchev–Trinajstić information content (AvgIpc) is 3.52. The Morgan fingerprint density at radius 1 is 1.03 bits per heavy atom. The van der Waals surface area contributed by atoms with Crippen LogP contribution in [-0.4, -0.2) is 27.4 Å². The van der Waals surface area contributed by atoms with Gasteiger partial charge in [-0.25, -0.2) is 9.97 Å². The third kappa shape index (κ3) is 4.53. The number of aromatic nitrogens is 3. The molecule has 1 aromatic carbocycles. The molecule has 0 unspecified atom stereocenters. The van der Waals surface area contributed by atoms with Crippen molar-refractivity contribution in [2.75, 3.05) is 11.9 Å². The number of pyridine rings is 1. The average molecular weight is 470 g/mol. The number of thiophene rings is 1. The number of amides is 1. The Kier molecular flexibility index (Phi) is 6.31. The van der Waals surface area contributed by atoms with Gasteiger partial charge >= 0.3 is 0 Å². The quantitative estimate of drug-likeness (QED) is 0.326. The van der Waals surface area contributed by atoms with Gasteiger partial charge in [0, 0.05) is 24.9 Å². The summed E-state index contributed by atoms with van der Waals surface area (Å²) in [6, 6.07) is 19.0. The van der Waals surface area contributed by atoms with E-state index >= 15 is 0 Å². The van der Waals surface area contributed by atoms with Crippen LogP contribution in [-0.2, 0) is 6.42 Å². The molecule has 170 valence electrons. The Morgan fingerprint density at radius 3 is 2.65 bits per heavy atom. The van der Waals surface area contributed by atoms with E-state index in [4.69, 9.17) is 4.42 Å². The molecule has 2 N–H and O–H groups in total. The van der Waals surface area contributed by atoms with Gasteiger partial charge in [0.15, 0.2) is 0 Å². The molecule has 34 heavy (non-hydrogen) atoms. The van der Waals surface area contributed by atoms with Crippen molar-refractivity contribution < 1.29 is 9.21 Å². The van der Waals surface area contributed by atoms with E-state index in [1.807, 2.05) is 67.6 Å². The minimum absolute atomic E-state index is 0.176. The number of carbonyl (C=O) groups is 1. The first-order valence-corrected chi connectivity index (χ1v) is 11.8. The van der Waals surface area contributed by atoms with Gasteiger partial charge in [-0.15, -0.1) is 11.3 Å². The molecular formula is C26H23N5O2S. The van der Waals surface area contributed by atoms with Crippen LogP contribution in [0.5, 0.6) is 0 Å². The molecule has 0 saturated carbocycles. The molecule has 8 heteroatoms. The fraction of sp³-hybridized carbons (Fsp3) is 0.154. The Morgan fingerprint density at radius 2 is 1.88 bits per heavy atom. The Hall–Kier alpha value is -4.04. The summed E-state index contributed by atoms with van der Waals surface area (Å²) in [5, 5.41) is 7.39. The molecule has 5 rings (SSSR count). The maximum atomic E-state index is 13.4. The molecule has 0 saturated heterocycles. The maximum Gasteiger partial charge on any atom is 0.262 e. The Bertz CT molecular complexity index is 1390. The summed E-state index contributed by atoms with van der Waals surface area (Å²) in [4.78, 5) is 28.0. The molecular weight excluding hydrogens is 446 g/mol. The van der Waals surface area contributed by atoms with E-state index in [0.29, 0.717) is 17.2 Å². The summed E-state index contributed by atoms with van der Waals surface area (Å²) in [5.74, 6) is 1.22. The van der Waals surface area contributed by atoms with E-state index in [9.17, 15) is 4.79 Å². The second kappa shape index (κ2) is 9.84. The van der Waals surface area contributed by atoms with Crippen molar-refractivity contribution in [2.45, 2.75) is 19.4 Å². The number of rotatable bonds is 8. The van der Waals surface area contributed by atoms with Crippen LogP contribution in [0.1, 0.15) is 38.3 Å². The highest BCUT2D eigenvalue weighted by Crippen LogP contribution is 2.34. The highest BCUT2D eigenvalue weighted by atomic mass is 32.1. The van der Waals surface area contributed by atoms with Crippen LogP contribution in [0.15, 0.2) is 83.9 Å². The van der Waals surface area contributed by atoms with Gasteiger partial charge in [0.1, 0.15) is 28.8 Å². The van der Waals surface area contributed by atoms with Gasteiger partial charge in [-0.05, 0) is 42.3 Å². The van der Waals surface area contributed by atoms with E-state index in [1.165, 1.54) is 17.7 Å². The summed E-state index contributed by atoms with van der Waals surface area (Å²) in [6.45, 7) is 2.61. The number of aryl methyl sites for hydroxylation is 1. The van der Waals surface area contributed by atoms with Gasteiger partial charge in [0.05, 0.1) is 16.5 Å². The monoisotopic (exact) mass is 469 g/mol. The van der Waals surface area contributed by atoms with Crippen molar-refractivity contribution >= 4 is 33.3 Å². The van der Waals surface area contributed by atoms with Crippen molar-refractivity contribution in [1.29, 1.82) is 0 Å². The number of hydrogen-bond acceptors (Lipinski definition) is 7. The summed E-state index contributed by atoms with van der Waals surface area (Å²) >= 11 is 1.36. The van der Waals surface area contributed by atoms with Gasteiger partial charge in [-0.3, -0.25) is 9.78 Å². The van der Waals surface area contributed by atoms with Gasteiger partial charge < -0.3 is 15.1 Å². The van der Waals surface area contributed by atoms with E-state index in [0.717, 1.165) is 39.3 Å². The molecule has 5 aromatic rings. The standard InChI is InChI=1S/C26H23N5O2S/c1-17-21-24(28-14-12-19-10-5-6-13-27-19)29-16-30-26(21)34-23(17)25(32)31-22(20-11-7-15-33-20)18-8-3-2-4-9-18/h2-11,13,15-16,22H,12,14H2,1H3,(H,31,32)(H,28,29,30)/t22-/m1/s1. The molecule has 4 heterocycles. The van der Waals surface area contributed by atoms with E-state index < -0.39 is 6.04 Å².